The van der Waals surface area contributed by atoms with Gasteiger partial charge in [-0.1, -0.05) is 0 Å². The van der Waals surface area contributed by atoms with Crippen LogP contribution in [0.4, 0.5) is 0 Å². The van der Waals surface area contributed by atoms with E-state index in [-0.39, 0.29) is 0 Å². The summed E-state index contributed by atoms with van der Waals surface area (Å²) in [7, 11) is 0. The van der Waals surface area contributed by atoms with E-state index in [4.69, 9.17) is 5.11 Å². The van der Waals surface area contributed by atoms with E-state index in [0.717, 1.165) is 0 Å². The molecule has 7 N–H and O–H groups in total. The molecule has 0 amide bonds. The molecule has 0 fully saturated rings. The van der Waals surface area contributed by atoms with Gasteiger partial charge >= 0.3 is 0 Å². The van der Waals surface area contributed by atoms with Crippen LogP contribution < -0.4 is 17.4 Å². The van der Waals surface area contributed by atoms with E-state index in [9.17, 15) is 0 Å². The standard InChI is InChI=1S/C2H7NO.H4N2/c1-2(3)4;1-2/h2,4H,3H2,1H3;1-2H2. The lowest BCUT2D eigenvalue weighted by atomic mass is 10.7. The fourth-order valence-electron chi connectivity index (χ4n) is 0. The van der Waals surface area contributed by atoms with Gasteiger partial charge in [0.2, 0.25) is 0 Å². The molecule has 1 atom stereocenters. The van der Waals surface area contributed by atoms with Crippen molar-refractivity contribution < 1.29 is 5.11 Å². The fourth-order valence-corrected chi connectivity index (χ4v) is 0. The molecule has 0 bridgehead atoms. The molecule has 0 rings (SSSR count). The summed E-state index contributed by atoms with van der Waals surface area (Å²) < 4.78 is 0. The maximum Gasteiger partial charge on any atom is 0.0991 e. The molecule has 0 radical (unpaired) electrons. The molecule has 0 aliphatic carbocycles. The van der Waals surface area contributed by atoms with E-state index in [1.165, 1.54) is 6.92 Å². The average molecular weight is 93.1 g/mol. The van der Waals surface area contributed by atoms with Gasteiger partial charge in [0.05, 0.1) is 6.23 Å². The number of aliphatic hydroxyl groups is 1. The minimum atomic E-state index is -0.667. The summed E-state index contributed by atoms with van der Waals surface area (Å²) in [5.41, 5.74) is 4.67. The number of rotatable bonds is 0. The van der Waals surface area contributed by atoms with Gasteiger partial charge in [0.1, 0.15) is 0 Å². The summed E-state index contributed by atoms with van der Waals surface area (Å²) >= 11 is 0. The Morgan fingerprint density at radius 3 is 1.50 bits per heavy atom. The van der Waals surface area contributed by atoms with Gasteiger partial charge in [-0.15, -0.1) is 0 Å². The second-order valence-electron chi connectivity index (χ2n) is 0.741. The van der Waals surface area contributed by atoms with Gasteiger partial charge in [0.25, 0.3) is 0 Å². The Hall–Kier alpha value is -0.160. The molecule has 0 aromatic rings. The smallest absolute Gasteiger partial charge is 0.0991 e. The molecule has 0 aliphatic heterocycles. The molecule has 1 unspecified atom stereocenters. The highest BCUT2D eigenvalue weighted by Gasteiger charge is 1.68. The Labute approximate surface area is 36.9 Å². The Morgan fingerprint density at radius 1 is 1.50 bits per heavy atom. The first kappa shape index (κ1) is 9.28. The predicted octanol–water partition coefficient (Wildman–Crippen LogP) is -1.90. The lowest BCUT2D eigenvalue weighted by Gasteiger charge is -1.82. The second kappa shape index (κ2) is 8.85. The van der Waals surface area contributed by atoms with Crippen molar-refractivity contribution in [2.45, 2.75) is 13.2 Å². The number of hydrogen-bond acceptors (Lipinski definition) is 4. The number of nitrogens with two attached hydrogens (primary N) is 3. The summed E-state index contributed by atoms with van der Waals surface area (Å²) in [6.45, 7) is 1.50. The van der Waals surface area contributed by atoms with E-state index in [0.29, 0.717) is 0 Å². The average Bonchev–Trinajstić information content (AvgIpc) is 1.41. The van der Waals surface area contributed by atoms with Crippen LogP contribution in [-0.4, -0.2) is 11.3 Å². The molecule has 0 heterocycles. The molecule has 0 spiro atoms. The maximum atomic E-state index is 7.83. The van der Waals surface area contributed by atoms with Crippen LogP contribution in [0.5, 0.6) is 0 Å². The molecule has 0 saturated carbocycles. The zero-order valence-electron chi connectivity index (χ0n) is 3.76. The number of hydrogen-bond donors (Lipinski definition) is 4. The van der Waals surface area contributed by atoms with E-state index in [2.05, 4.69) is 17.4 Å². The van der Waals surface area contributed by atoms with Crippen molar-refractivity contribution in [3.63, 3.8) is 0 Å². The largest absolute Gasteiger partial charge is 0.379 e. The first-order valence-corrected chi connectivity index (χ1v) is 1.50. The van der Waals surface area contributed by atoms with Crippen LogP contribution in [0.25, 0.3) is 0 Å². The minimum Gasteiger partial charge on any atom is -0.379 e. The predicted molar refractivity (Wildman–Crippen MR) is 24.2 cm³/mol. The van der Waals surface area contributed by atoms with Gasteiger partial charge in [0.15, 0.2) is 0 Å². The second-order valence-corrected chi connectivity index (χ2v) is 0.741. The molecule has 4 heteroatoms. The van der Waals surface area contributed by atoms with E-state index in [1.54, 1.807) is 0 Å². The molecule has 0 aliphatic rings. The summed E-state index contributed by atoms with van der Waals surface area (Å²) in [5, 5.41) is 7.83. The van der Waals surface area contributed by atoms with E-state index < -0.39 is 6.23 Å². The first-order valence-electron chi connectivity index (χ1n) is 1.50. The van der Waals surface area contributed by atoms with Crippen molar-refractivity contribution in [1.29, 1.82) is 0 Å². The molecular formula is C2H11N3O. The Kier molecular flexibility index (Phi) is 13.7. The van der Waals surface area contributed by atoms with Crippen molar-refractivity contribution in [1.82, 2.24) is 0 Å². The molecule has 4 nitrogen and oxygen atoms in total. The van der Waals surface area contributed by atoms with Crippen molar-refractivity contribution in [3.8, 4) is 0 Å². The Bertz CT molecular complexity index is 13.5. The van der Waals surface area contributed by atoms with Crippen LogP contribution in [0.15, 0.2) is 0 Å². The quantitative estimate of drug-likeness (QED) is 0.160. The summed E-state index contributed by atoms with van der Waals surface area (Å²) in [4.78, 5) is 0. The topological polar surface area (TPSA) is 98.3 Å². The Morgan fingerprint density at radius 2 is 1.50 bits per heavy atom. The fraction of sp³-hybridized carbons (Fsp3) is 1.00. The monoisotopic (exact) mass is 93.1 g/mol. The Balaban J connectivity index is 0. The minimum absolute atomic E-state index is 0.667. The van der Waals surface area contributed by atoms with Gasteiger partial charge < -0.3 is 10.8 Å². The van der Waals surface area contributed by atoms with Gasteiger partial charge in [-0.05, 0) is 6.92 Å². The summed E-state index contributed by atoms with van der Waals surface area (Å²) in [6.07, 6.45) is -0.667. The highest BCUT2D eigenvalue weighted by Crippen LogP contribution is 1.50. The SMILES string of the molecule is CC(N)O.NN. The van der Waals surface area contributed by atoms with Crippen molar-refractivity contribution in [3.05, 3.63) is 0 Å². The summed E-state index contributed by atoms with van der Waals surface area (Å²) in [6, 6.07) is 0. The van der Waals surface area contributed by atoms with Gasteiger partial charge in [-0.3, -0.25) is 11.7 Å². The van der Waals surface area contributed by atoms with Crippen LogP contribution in [0.2, 0.25) is 0 Å². The molecule has 0 aromatic carbocycles. The maximum absolute atomic E-state index is 7.83. The van der Waals surface area contributed by atoms with Crippen molar-refractivity contribution >= 4 is 0 Å². The molecule has 0 saturated heterocycles. The molecular weight excluding hydrogens is 82.0 g/mol. The van der Waals surface area contributed by atoms with Crippen LogP contribution in [0.3, 0.4) is 0 Å². The van der Waals surface area contributed by atoms with Crippen LogP contribution in [-0.2, 0) is 0 Å². The van der Waals surface area contributed by atoms with E-state index >= 15 is 0 Å². The third kappa shape index (κ3) is 1210. The highest BCUT2D eigenvalue weighted by atomic mass is 16.3. The summed E-state index contributed by atoms with van der Waals surface area (Å²) in [5.74, 6) is 8.00. The van der Waals surface area contributed by atoms with Gasteiger partial charge in [-0.2, -0.15) is 0 Å². The zero-order valence-corrected chi connectivity index (χ0v) is 3.76. The van der Waals surface area contributed by atoms with Crippen LogP contribution in [0, 0.1) is 0 Å². The molecule has 6 heavy (non-hydrogen) atoms. The van der Waals surface area contributed by atoms with Gasteiger partial charge in [0, 0.05) is 0 Å². The van der Waals surface area contributed by atoms with Crippen molar-refractivity contribution in [2.24, 2.45) is 17.4 Å². The lowest BCUT2D eigenvalue weighted by molar-refractivity contribution is 0.203. The zero-order chi connectivity index (χ0) is 5.58. The van der Waals surface area contributed by atoms with Crippen LogP contribution in [0.1, 0.15) is 6.92 Å². The first-order chi connectivity index (χ1) is 2.73. The normalized spacial score (nSPS) is 11.5. The number of aliphatic hydroxyl groups excluding tert-OH is 1. The number of hydrazine groups is 1. The third-order valence-electron chi connectivity index (χ3n) is 0. The highest BCUT2D eigenvalue weighted by molar-refractivity contribution is 4.16. The molecule has 0 aromatic heterocycles. The third-order valence-corrected chi connectivity index (χ3v) is 0. The van der Waals surface area contributed by atoms with Gasteiger partial charge in [-0.25, -0.2) is 0 Å². The molecule has 40 valence electrons. The van der Waals surface area contributed by atoms with Crippen molar-refractivity contribution in [2.75, 3.05) is 0 Å². The van der Waals surface area contributed by atoms with Crippen LogP contribution >= 0.6 is 0 Å². The van der Waals surface area contributed by atoms with E-state index in [1.807, 2.05) is 0 Å². The lowest BCUT2D eigenvalue weighted by Crippen LogP contribution is -2.11.